The number of hydrogen-bond acceptors (Lipinski definition) is 6. The highest BCUT2D eigenvalue weighted by Crippen LogP contribution is 2.37. The molecule has 3 N–H and O–H groups in total. The van der Waals surface area contributed by atoms with Gasteiger partial charge >= 0.3 is 5.97 Å². The molecule has 0 aromatic heterocycles. The minimum absolute atomic E-state index is 0.0438. The van der Waals surface area contributed by atoms with E-state index in [-0.39, 0.29) is 34.5 Å². The van der Waals surface area contributed by atoms with Crippen molar-refractivity contribution in [1.29, 1.82) is 5.26 Å². The van der Waals surface area contributed by atoms with Gasteiger partial charge in [0, 0.05) is 5.69 Å². The molecule has 0 spiro atoms. The topological polar surface area (TPSA) is 129 Å². The lowest BCUT2D eigenvalue weighted by Gasteiger charge is -2.13. The number of ether oxygens (including phenoxy) is 2. The number of amides is 1. The number of carbonyl (C=O) groups is 2. The van der Waals surface area contributed by atoms with Gasteiger partial charge in [-0.3, -0.25) is 4.79 Å². The maximum absolute atomic E-state index is 12.4. The monoisotopic (exact) mass is 416 g/mol. The average molecular weight is 417 g/mol. The van der Waals surface area contributed by atoms with Crippen LogP contribution in [-0.2, 0) is 9.59 Å². The average Bonchev–Trinajstić information content (AvgIpc) is 2.67. The second-order valence-electron chi connectivity index (χ2n) is 5.62. The van der Waals surface area contributed by atoms with Crippen molar-refractivity contribution in [3.05, 3.63) is 52.6 Å². The lowest BCUT2D eigenvalue weighted by Crippen LogP contribution is -2.13. The standard InChI is InChI=1S/C20H17ClN2O6/c1-2-28-17-9-12(8-16(21)19(17)29-11-18(25)26)7-13(10-22)20(27)23-14-3-5-15(24)6-4-14/h3-9,24H,2,11H2,1H3,(H,23,27)(H,25,26)/b13-7+. The molecule has 2 aromatic rings. The van der Waals surface area contributed by atoms with Gasteiger partial charge in [-0.1, -0.05) is 11.6 Å². The van der Waals surface area contributed by atoms with Crippen LogP contribution in [0.2, 0.25) is 5.02 Å². The van der Waals surface area contributed by atoms with Gasteiger partial charge in [-0.25, -0.2) is 4.79 Å². The Bertz CT molecular complexity index is 980. The molecule has 0 aliphatic carbocycles. The number of nitriles is 1. The molecule has 0 aliphatic heterocycles. The van der Waals surface area contributed by atoms with Gasteiger partial charge in [0.25, 0.3) is 5.91 Å². The molecule has 8 nitrogen and oxygen atoms in total. The van der Waals surface area contributed by atoms with E-state index in [1.165, 1.54) is 42.5 Å². The molecule has 0 radical (unpaired) electrons. The molecule has 9 heteroatoms. The lowest BCUT2D eigenvalue weighted by molar-refractivity contribution is -0.139. The molecule has 2 rings (SSSR count). The summed E-state index contributed by atoms with van der Waals surface area (Å²) in [5.41, 5.74) is 0.591. The first-order valence-electron chi connectivity index (χ1n) is 8.37. The van der Waals surface area contributed by atoms with E-state index in [1.807, 2.05) is 6.07 Å². The number of benzene rings is 2. The minimum Gasteiger partial charge on any atom is -0.508 e. The van der Waals surface area contributed by atoms with E-state index in [9.17, 15) is 20.0 Å². The zero-order valence-electron chi connectivity index (χ0n) is 15.3. The highest BCUT2D eigenvalue weighted by Gasteiger charge is 2.15. The molecule has 29 heavy (non-hydrogen) atoms. The van der Waals surface area contributed by atoms with Crippen LogP contribution in [0.3, 0.4) is 0 Å². The van der Waals surface area contributed by atoms with Crippen molar-refractivity contribution in [2.45, 2.75) is 6.92 Å². The number of anilines is 1. The van der Waals surface area contributed by atoms with Crippen molar-refractivity contribution in [2.24, 2.45) is 0 Å². The highest BCUT2D eigenvalue weighted by molar-refractivity contribution is 6.32. The smallest absolute Gasteiger partial charge is 0.341 e. The Balaban J connectivity index is 2.31. The molecule has 0 heterocycles. The molecule has 1 amide bonds. The van der Waals surface area contributed by atoms with Crippen LogP contribution in [0, 0.1) is 11.3 Å². The number of carbonyl (C=O) groups excluding carboxylic acids is 1. The Labute approximate surface area is 171 Å². The second kappa shape index (κ2) is 10.0. The summed E-state index contributed by atoms with van der Waals surface area (Å²) in [7, 11) is 0. The normalized spacial score (nSPS) is 10.7. The molecule has 0 unspecified atom stereocenters. The Morgan fingerprint density at radius 2 is 1.93 bits per heavy atom. The third-order valence-corrected chi connectivity index (χ3v) is 3.75. The summed E-state index contributed by atoms with van der Waals surface area (Å²) in [5.74, 6) is -1.55. The van der Waals surface area contributed by atoms with Crippen molar-refractivity contribution >= 4 is 35.2 Å². The molecule has 0 atom stereocenters. The van der Waals surface area contributed by atoms with Gasteiger partial charge in [-0.2, -0.15) is 5.26 Å². The number of nitrogens with zero attached hydrogens (tertiary/aromatic N) is 1. The van der Waals surface area contributed by atoms with E-state index in [1.54, 1.807) is 6.92 Å². The van der Waals surface area contributed by atoms with Crippen molar-refractivity contribution in [2.75, 3.05) is 18.5 Å². The van der Waals surface area contributed by atoms with E-state index < -0.39 is 18.5 Å². The van der Waals surface area contributed by atoms with Crippen molar-refractivity contribution in [1.82, 2.24) is 0 Å². The van der Waals surface area contributed by atoms with E-state index in [2.05, 4.69) is 5.32 Å². The number of aliphatic carboxylic acids is 1. The van der Waals surface area contributed by atoms with Crippen molar-refractivity contribution < 1.29 is 29.3 Å². The van der Waals surface area contributed by atoms with Gasteiger partial charge in [-0.15, -0.1) is 0 Å². The fourth-order valence-electron chi connectivity index (χ4n) is 2.27. The highest BCUT2D eigenvalue weighted by atomic mass is 35.5. The minimum atomic E-state index is -1.18. The Kier molecular flexibility index (Phi) is 7.46. The summed E-state index contributed by atoms with van der Waals surface area (Å²) in [4.78, 5) is 23.1. The summed E-state index contributed by atoms with van der Waals surface area (Å²) in [6, 6.07) is 10.5. The number of rotatable bonds is 8. The fraction of sp³-hybridized carbons (Fsp3) is 0.150. The first-order chi connectivity index (χ1) is 13.8. The maximum Gasteiger partial charge on any atom is 0.341 e. The zero-order chi connectivity index (χ0) is 21.4. The lowest BCUT2D eigenvalue weighted by atomic mass is 10.1. The maximum atomic E-state index is 12.4. The Hall–Kier alpha value is -3.70. The third kappa shape index (κ3) is 6.16. The van der Waals surface area contributed by atoms with E-state index in [0.717, 1.165) is 0 Å². The van der Waals surface area contributed by atoms with Crippen LogP contribution in [-0.4, -0.2) is 35.3 Å². The summed E-state index contributed by atoms with van der Waals surface area (Å²) in [6.45, 7) is 1.38. The van der Waals surface area contributed by atoms with Gasteiger partial charge < -0.3 is 25.0 Å². The summed E-state index contributed by atoms with van der Waals surface area (Å²) >= 11 is 6.17. The summed E-state index contributed by atoms with van der Waals surface area (Å²) < 4.78 is 10.6. The SMILES string of the molecule is CCOc1cc(/C=C(\C#N)C(=O)Nc2ccc(O)cc2)cc(Cl)c1OCC(=O)O. The summed E-state index contributed by atoms with van der Waals surface area (Å²) in [6.07, 6.45) is 1.31. The largest absolute Gasteiger partial charge is 0.508 e. The molecule has 2 aromatic carbocycles. The van der Waals surface area contributed by atoms with Gasteiger partial charge in [0.15, 0.2) is 18.1 Å². The van der Waals surface area contributed by atoms with Crippen LogP contribution < -0.4 is 14.8 Å². The van der Waals surface area contributed by atoms with Gasteiger partial charge in [0.2, 0.25) is 0 Å². The van der Waals surface area contributed by atoms with Crippen LogP contribution in [0.1, 0.15) is 12.5 Å². The Morgan fingerprint density at radius 1 is 1.24 bits per heavy atom. The predicted octanol–water partition coefficient (Wildman–Crippen LogP) is 3.45. The molecule has 0 aliphatic rings. The van der Waals surface area contributed by atoms with Crippen molar-refractivity contribution in [3.63, 3.8) is 0 Å². The first kappa shape index (κ1) is 21.6. The zero-order valence-corrected chi connectivity index (χ0v) is 16.1. The number of carboxylic acid groups (broad SMARTS) is 1. The predicted molar refractivity (Wildman–Crippen MR) is 106 cm³/mol. The second-order valence-corrected chi connectivity index (χ2v) is 6.02. The molecule has 0 saturated heterocycles. The van der Waals surface area contributed by atoms with E-state index in [4.69, 9.17) is 26.2 Å². The number of halogens is 1. The number of phenols is 1. The molecule has 0 saturated carbocycles. The fourth-order valence-corrected chi connectivity index (χ4v) is 2.54. The van der Waals surface area contributed by atoms with Crippen LogP contribution in [0.15, 0.2) is 42.0 Å². The third-order valence-electron chi connectivity index (χ3n) is 3.47. The number of hydrogen-bond donors (Lipinski definition) is 3. The van der Waals surface area contributed by atoms with Gasteiger partial charge in [0.1, 0.15) is 17.4 Å². The van der Waals surface area contributed by atoms with E-state index >= 15 is 0 Å². The summed E-state index contributed by atoms with van der Waals surface area (Å²) in [5, 5.41) is 30.0. The molecule has 0 bridgehead atoms. The Morgan fingerprint density at radius 3 is 2.52 bits per heavy atom. The van der Waals surface area contributed by atoms with Crippen LogP contribution in [0.25, 0.3) is 6.08 Å². The van der Waals surface area contributed by atoms with Crippen LogP contribution in [0.4, 0.5) is 5.69 Å². The van der Waals surface area contributed by atoms with E-state index in [0.29, 0.717) is 11.3 Å². The van der Waals surface area contributed by atoms with Crippen LogP contribution in [0.5, 0.6) is 17.2 Å². The first-order valence-corrected chi connectivity index (χ1v) is 8.75. The van der Waals surface area contributed by atoms with Crippen LogP contribution >= 0.6 is 11.6 Å². The molecule has 150 valence electrons. The van der Waals surface area contributed by atoms with Gasteiger partial charge in [0.05, 0.1) is 11.6 Å². The number of aromatic hydroxyl groups is 1. The molecular weight excluding hydrogens is 400 g/mol. The number of carboxylic acids is 1. The number of phenolic OH excluding ortho intramolecular Hbond substituents is 1. The molecular formula is C20H17ClN2O6. The molecule has 0 fully saturated rings. The number of nitrogens with one attached hydrogen (secondary N) is 1. The quantitative estimate of drug-likeness (QED) is 0.341. The van der Waals surface area contributed by atoms with Gasteiger partial charge in [-0.05, 0) is 55.0 Å². The van der Waals surface area contributed by atoms with Crippen molar-refractivity contribution in [3.8, 4) is 23.3 Å².